The van der Waals surface area contributed by atoms with E-state index < -0.39 is 5.82 Å². The molecule has 9 heteroatoms. The van der Waals surface area contributed by atoms with Crippen LogP contribution in [0, 0.1) is 5.82 Å². The van der Waals surface area contributed by atoms with Gasteiger partial charge in [-0.25, -0.2) is 9.37 Å². The number of hydrogen-bond acceptors (Lipinski definition) is 7. The van der Waals surface area contributed by atoms with Gasteiger partial charge in [0, 0.05) is 51.1 Å². The molecular formula is C26H31FN6O2. The normalized spacial score (nSPS) is 18.2. The highest BCUT2D eigenvalue weighted by molar-refractivity contribution is 6.08. The summed E-state index contributed by atoms with van der Waals surface area (Å²) >= 11 is 0. The minimum atomic E-state index is -0.416. The Hall–Kier alpha value is -3.46. The van der Waals surface area contributed by atoms with E-state index in [1.807, 2.05) is 31.0 Å². The number of nitrogens with zero attached hydrogens (tertiary/aromatic N) is 6. The number of benzene rings is 1. The van der Waals surface area contributed by atoms with Crippen molar-refractivity contribution in [1.82, 2.24) is 14.9 Å². The number of amides is 1. The van der Waals surface area contributed by atoms with Gasteiger partial charge in [0.25, 0.3) is 0 Å². The number of ether oxygens (including phenoxy) is 1. The lowest BCUT2D eigenvalue weighted by molar-refractivity contribution is -0.107. The molecule has 0 spiro atoms. The highest BCUT2D eigenvalue weighted by Crippen LogP contribution is 2.49. The maximum Gasteiger partial charge on any atom is 0.213 e. The Morgan fingerprint density at radius 3 is 2.51 bits per heavy atom. The molecule has 2 aliphatic heterocycles. The van der Waals surface area contributed by atoms with Gasteiger partial charge in [0.1, 0.15) is 17.4 Å². The molecule has 3 aromatic rings. The third kappa shape index (κ3) is 3.93. The molecule has 1 fully saturated rings. The maximum atomic E-state index is 15.5. The highest BCUT2D eigenvalue weighted by Gasteiger charge is 2.32. The number of aromatic nitrogens is 2. The number of pyridine rings is 2. The van der Waals surface area contributed by atoms with Crippen molar-refractivity contribution in [3.05, 3.63) is 36.4 Å². The molecule has 0 unspecified atom stereocenters. The minimum Gasteiger partial charge on any atom is -0.469 e. The third-order valence-corrected chi connectivity index (χ3v) is 7.30. The molecule has 2 aliphatic rings. The predicted molar refractivity (Wildman–Crippen MR) is 137 cm³/mol. The fourth-order valence-corrected chi connectivity index (χ4v) is 5.09. The van der Waals surface area contributed by atoms with Gasteiger partial charge >= 0.3 is 0 Å². The van der Waals surface area contributed by atoms with Gasteiger partial charge in [0.05, 0.1) is 34.0 Å². The summed E-state index contributed by atoms with van der Waals surface area (Å²) in [5, 5.41) is 0.683. The summed E-state index contributed by atoms with van der Waals surface area (Å²) in [6, 6.07) is 5.88. The first-order chi connectivity index (χ1) is 16.8. The number of carbonyl (C=O) groups excluding carboxylic acids is 1. The summed E-state index contributed by atoms with van der Waals surface area (Å²) in [4.78, 5) is 28.6. The van der Waals surface area contributed by atoms with E-state index in [1.165, 1.54) is 11.0 Å². The fraction of sp³-hybridized carbons (Fsp3) is 0.423. The Bertz CT molecular complexity index is 1260. The van der Waals surface area contributed by atoms with Crippen LogP contribution in [0.1, 0.15) is 19.8 Å². The van der Waals surface area contributed by atoms with Gasteiger partial charge in [-0.1, -0.05) is 0 Å². The van der Waals surface area contributed by atoms with Crippen molar-refractivity contribution in [2.24, 2.45) is 0 Å². The topological polar surface area (TPSA) is 65.0 Å². The Morgan fingerprint density at radius 2 is 1.89 bits per heavy atom. The standard InChI is InChI=1S/C26H31FN6O2/c1-16-32(5)25-21(31(4)15-34)14-28-20-12-19(27)23(26(35-16)24(20)25)17-6-7-22(29-13-17)33-10-8-18(9-11-33)30(2)3/h6-7,12-16,18H,8-11H2,1-5H3/t16-/m1/s1. The molecule has 0 aliphatic carbocycles. The zero-order chi connectivity index (χ0) is 24.9. The van der Waals surface area contributed by atoms with Crippen LogP contribution >= 0.6 is 0 Å². The van der Waals surface area contributed by atoms with Gasteiger partial charge in [0.2, 0.25) is 6.41 Å². The van der Waals surface area contributed by atoms with E-state index >= 15 is 4.39 Å². The lowest BCUT2D eigenvalue weighted by Gasteiger charge is -2.37. The predicted octanol–water partition coefficient (Wildman–Crippen LogP) is 3.73. The molecule has 8 nitrogen and oxygen atoms in total. The zero-order valence-corrected chi connectivity index (χ0v) is 20.8. The molecule has 0 saturated carbocycles. The summed E-state index contributed by atoms with van der Waals surface area (Å²) < 4.78 is 21.7. The van der Waals surface area contributed by atoms with E-state index in [1.54, 1.807) is 19.4 Å². The second-order valence-electron chi connectivity index (χ2n) is 9.58. The summed E-state index contributed by atoms with van der Waals surface area (Å²) in [6.07, 6.45) is 5.87. The zero-order valence-electron chi connectivity index (χ0n) is 20.8. The van der Waals surface area contributed by atoms with E-state index in [4.69, 9.17) is 4.74 Å². The van der Waals surface area contributed by atoms with Gasteiger partial charge in [-0.15, -0.1) is 0 Å². The van der Waals surface area contributed by atoms with E-state index in [-0.39, 0.29) is 6.23 Å². The molecule has 2 aromatic heterocycles. The summed E-state index contributed by atoms with van der Waals surface area (Å²) in [6.45, 7) is 3.78. The van der Waals surface area contributed by atoms with Crippen LogP contribution in [0.4, 0.5) is 21.6 Å². The van der Waals surface area contributed by atoms with Crippen LogP contribution < -0.4 is 19.4 Å². The van der Waals surface area contributed by atoms with Gasteiger partial charge in [0.15, 0.2) is 6.23 Å². The van der Waals surface area contributed by atoms with Crippen LogP contribution in [-0.2, 0) is 4.79 Å². The number of halogens is 1. The van der Waals surface area contributed by atoms with Crippen molar-refractivity contribution in [3.63, 3.8) is 0 Å². The number of anilines is 3. The number of hydrogen-bond donors (Lipinski definition) is 0. The third-order valence-electron chi connectivity index (χ3n) is 7.30. The summed E-state index contributed by atoms with van der Waals surface area (Å²) in [5.41, 5.74) is 2.90. The minimum absolute atomic E-state index is 0.358. The summed E-state index contributed by atoms with van der Waals surface area (Å²) in [7, 11) is 7.82. The Labute approximate surface area is 204 Å². The SMILES string of the molecule is C[C@H]1Oc2c(-c3ccc(N4CCC(N(C)C)CC4)nc3)c(F)cc3ncc(N(C)C=O)c(c23)N1C. The van der Waals surface area contributed by atoms with Gasteiger partial charge < -0.3 is 24.3 Å². The summed E-state index contributed by atoms with van der Waals surface area (Å²) in [5.74, 6) is 0.906. The highest BCUT2D eigenvalue weighted by atomic mass is 19.1. The van der Waals surface area contributed by atoms with Crippen molar-refractivity contribution in [3.8, 4) is 16.9 Å². The molecule has 0 bridgehead atoms. The van der Waals surface area contributed by atoms with Crippen molar-refractivity contribution < 1.29 is 13.9 Å². The average molecular weight is 479 g/mol. The quantitative estimate of drug-likeness (QED) is 0.518. The van der Waals surface area contributed by atoms with E-state index in [2.05, 4.69) is 33.9 Å². The van der Waals surface area contributed by atoms with Gasteiger partial charge in [-0.3, -0.25) is 9.78 Å². The van der Waals surface area contributed by atoms with Crippen molar-refractivity contribution >= 4 is 34.5 Å². The first-order valence-electron chi connectivity index (χ1n) is 11.9. The molecule has 0 N–H and O–H groups in total. The molecule has 1 atom stereocenters. The van der Waals surface area contributed by atoms with Crippen molar-refractivity contribution in [2.45, 2.75) is 32.0 Å². The molecule has 1 saturated heterocycles. The van der Waals surface area contributed by atoms with Crippen LogP contribution in [0.15, 0.2) is 30.6 Å². The van der Waals surface area contributed by atoms with Crippen LogP contribution in [0.2, 0.25) is 0 Å². The molecule has 35 heavy (non-hydrogen) atoms. The van der Waals surface area contributed by atoms with Crippen LogP contribution in [0.3, 0.4) is 0 Å². The number of piperidine rings is 1. The van der Waals surface area contributed by atoms with Gasteiger partial charge in [-0.05, 0) is 46.0 Å². The Morgan fingerprint density at radius 1 is 1.14 bits per heavy atom. The second-order valence-corrected chi connectivity index (χ2v) is 9.58. The molecular weight excluding hydrogens is 447 g/mol. The van der Waals surface area contributed by atoms with Crippen molar-refractivity contribution in [1.29, 1.82) is 0 Å². The van der Waals surface area contributed by atoms with Crippen molar-refractivity contribution in [2.75, 3.05) is 56.0 Å². The largest absolute Gasteiger partial charge is 0.469 e. The Kier molecular flexibility index (Phi) is 5.96. The first-order valence-corrected chi connectivity index (χ1v) is 11.9. The molecule has 1 amide bonds. The Balaban J connectivity index is 1.57. The van der Waals surface area contributed by atoms with Crippen LogP contribution in [-0.4, -0.2) is 74.8 Å². The number of rotatable bonds is 5. The maximum absolute atomic E-state index is 15.5. The van der Waals surface area contributed by atoms with Gasteiger partial charge in [-0.2, -0.15) is 0 Å². The molecule has 184 valence electrons. The lowest BCUT2D eigenvalue weighted by Crippen LogP contribution is -2.42. The number of carbonyl (C=O) groups is 1. The van der Waals surface area contributed by atoms with Crippen LogP contribution in [0.5, 0.6) is 5.75 Å². The monoisotopic (exact) mass is 478 g/mol. The molecule has 1 aromatic carbocycles. The molecule has 0 radical (unpaired) electrons. The lowest BCUT2D eigenvalue weighted by atomic mass is 9.99. The fourth-order valence-electron chi connectivity index (χ4n) is 5.09. The molecule has 4 heterocycles. The second kappa shape index (κ2) is 8.96. The van der Waals surface area contributed by atoms with E-state index in [0.717, 1.165) is 43.8 Å². The first kappa shape index (κ1) is 23.3. The smallest absolute Gasteiger partial charge is 0.213 e. The average Bonchev–Trinajstić information content (AvgIpc) is 2.86. The van der Waals surface area contributed by atoms with Crippen LogP contribution in [0.25, 0.3) is 22.0 Å². The van der Waals surface area contributed by atoms with E-state index in [9.17, 15) is 4.79 Å². The molecule has 5 rings (SSSR count). The van der Waals surface area contributed by atoms with E-state index in [0.29, 0.717) is 39.5 Å².